The number of rotatable bonds is 5. The van der Waals surface area contributed by atoms with Gasteiger partial charge in [0.05, 0.1) is 23.2 Å². The average Bonchev–Trinajstić information content (AvgIpc) is 3.45. The van der Waals surface area contributed by atoms with Crippen LogP contribution >= 0.6 is 23.1 Å². The number of thiazole rings is 1. The predicted molar refractivity (Wildman–Crippen MR) is 112 cm³/mol. The molecule has 5 nitrogen and oxygen atoms in total. The van der Waals surface area contributed by atoms with E-state index in [2.05, 4.69) is 15.3 Å². The van der Waals surface area contributed by atoms with Gasteiger partial charge in [0.2, 0.25) is 0 Å². The van der Waals surface area contributed by atoms with Crippen LogP contribution in [0.2, 0.25) is 0 Å². The molecule has 0 aliphatic rings. The average molecular weight is 403 g/mol. The minimum Gasteiger partial charge on any atom is -0.461 e. The summed E-state index contributed by atoms with van der Waals surface area (Å²) < 4.78 is 5.49. The standard InChI is InChI=1S/C21H14N4OS2/c1-2-7-16-15(6-1)20(25-19(24-16)18-9-5-11-26-18)27-12-14-13-28-21(23-14)17-8-3-4-10-22-17/h1-11,13H,12H2. The largest absolute Gasteiger partial charge is 0.461 e. The molecule has 7 heteroatoms. The highest BCUT2D eigenvalue weighted by Gasteiger charge is 2.13. The maximum atomic E-state index is 5.49. The summed E-state index contributed by atoms with van der Waals surface area (Å²) in [6, 6.07) is 17.6. The van der Waals surface area contributed by atoms with Crippen LogP contribution in [0.15, 0.2) is 81.9 Å². The number of nitrogens with zero attached hydrogens (tertiary/aromatic N) is 4. The lowest BCUT2D eigenvalue weighted by molar-refractivity contribution is 0.577. The lowest BCUT2D eigenvalue weighted by Crippen LogP contribution is -1.93. The highest BCUT2D eigenvalue weighted by molar-refractivity contribution is 7.98. The molecule has 1 aromatic carbocycles. The summed E-state index contributed by atoms with van der Waals surface area (Å²) in [4.78, 5) is 18.5. The Morgan fingerprint density at radius 3 is 2.71 bits per heavy atom. The number of fused-ring (bicyclic) bond motifs is 1. The van der Waals surface area contributed by atoms with Crippen LogP contribution in [0.25, 0.3) is 33.2 Å². The topological polar surface area (TPSA) is 64.7 Å². The second-order valence-corrected chi connectivity index (χ2v) is 7.82. The molecule has 0 unspecified atom stereocenters. The van der Waals surface area contributed by atoms with E-state index in [1.807, 2.05) is 54.6 Å². The molecular formula is C21H14N4OS2. The molecule has 0 fully saturated rings. The molecule has 5 aromatic rings. The van der Waals surface area contributed by atoms with Gasteiger partial charge in [-0.2, -0.15) is 0 Å². The second kappa shape index (κ2) is 7.53. The van der Waals surface area contributed by atoms with Crippen LogP contribution in [0.3, 0.4) is 0 Å². The van der Waals surface area contributed by atoms with E-state index in [1.54, 1.807) is 35.6 Å². The van der Waals surface area contributed by atoms with Crippen LogP contribution in [-0.2, 0) is 5.75 Å². The summed E-state index contributed by atoms with van der Waals surface area (Å²) >= 11 is 3.26. The van der Waals surface area contributed by atoms with Crippen LogP contribution in [0.4, 0.5) is 0 Å². The quantitative estimate of drug-likeness (QED) is 0.277. The number of benzene rings is 1. The maximum absolute atomic E-state index is 5.49. The van der Waals surface area contributed by atoms with Gasteiger partial charge in [-0.05, 0) is 30.3 Å². The number of para-hydroxylation sites is 1. The molecule has 0 saturated carbocycles. The van der Waals surface area contributed by atoms with Crippen molar-refractivity contribution in [2.45, 2.75) is 10.8 Å². The zero-order valence-corrected chi connectivity index (χ0v) is 16.3. The van der Waals surface area contributed by atoms with Crippen molar-refractivity contribution < 1.29 is 4.42 Å². The smallest absolute Gasteiger partial charge is 0.197 e. The van der Waals surface area contributed by atoms with Gasteiger partial charge in [-0.15, -0.1) is 11.3 Å². The molecule has 0 saturated heterocycles. The van der Waals surface area contributed by atoms with Crippen molar-refractivity contribution in [3.63, 3.8) is 0 Å². The summed E-state index contributed by atoms with van der Waals surface area (Å²) in [6.45, 7) is 0. The minimum absolute atomic E-state index is 0.596. The van der Waals surface area contributed by atoms with E-state index in [4.69, 9.17) is 14.4 Å². The summed E-state index contributed by atoms with van der Waals surface area (Å²) in [5, 5.41) is 4.96. The van der Waals surface area contributed by atoms with E-state index in [0.29, 0.717) is 11.6 Å². The van der Waals surface area contributed by atoms with Gasteiger partial charge >= 0.3 is 0 Å². The van der Waals surface area contributed by atoms with Crippen molar-refractivity contribution in [3.05, 3.63) is 78.1 Å². The third-order valence-electron chi connectivity index (χ3n) is 4.10. The summed E-state index contributed by atoms with van der Waals surface area (Å²) in [5.41, 5.74) is 2.81. The Bertz CT molecular complexity index is 1220. The van der Waals surface area contributed by atoms with Gasteiger partial charge in [0.15, 0.2) is 11.6 Å². The van der Waals surface area contributed by atoms with E-state index in [-0.39, 0.29) is 0 Å². The van der Waals surface area contributed by atoms with Gasteiger partial charge in [0, 0.05) is 22.7 Å². The van der Waals surface area contributed by atoms with Crippen molar-refractivity contribution in [2.75, 3.05) is 0 Å². The Morgan fingerprint density at radius 1 is 0.929 bits per heavy atom. The van der Waals surface area contributed by atoms with Gasteiger partial charge in [-0.1, -0.05) is 36.0 Å². The Kier molecular flexibility index (Phi) is 4.60. The Labute approximate surface area is 169 Å². The molecule has 0 aliphatic carbocycles. The Morgan fingerprint density at radius 2 is 1.86 bits per heavy atom. The molecule has 0 aliphatic heterocycles. The molecule has 136 valence electrons. The minimum atomic E-state index is 0.596. The fourth-order valence-corrected chi connectivity index (χ4v) is 4.61. The van der Waals surface area contributed by atoms with E-state index < -0.39 is 0 Å². The number of furan rings is 1. The SMILES string of the molecule is c1ccc(-c2nc(CSc3nc(-c4ccco4)nc4ccccc34)cs2)nc1. The lowest BCUT2D eigenvalue weighted by Gasteiger charge is -2.06. The first-order valence-corrected chi connectivity index (χ1v) is 10.5. The molecule has 4 aromatic heterocycles. The van der Waals surface area contributed by atoms with Gasteiger partial charge < -0.3 is 4.42 Å². The van der Waals surface area contributed by atoms with Crippen LogP contribution < -0.4 is 0 Å². The van der Waals surface area contributed by atoms with Crippen LogP contribution in [0, 0.1) is 0 Å². The van der Waals surface area contributed by atoms with Gasteiger partial charge in [0.25, 0.3) is 0 Å². The summed E-state index contributed by atoms with van der Waals surface area (Å²) in [5.74, 6) is 1.99. The Hall–Kier alpha value is -3.03. The number of pyridine rings is 1. The Balaban J connectivity index is 1.44. The van der Waals surface area contributed by atoms with E-state index in [9.17, 15) is 0 Å². The molecule has 0 radical (unpaired) electrons. The fraction of sp³-hybridized carbons (Fsp3) is 0.0476. The molecule has 5 rings (SSSR count). The highest BCUT2D eigenvalue weighted by atomic mass is 32.2. The zero-order chi connectivity index (χ0) is 18.8. The van der Waals surface area contributed by atoms with Crippen molar-refractivity contribution in [1.82, 2.24) is 19.9 Å². The van der Waals surface area contributed by atoms with Gasteiger partial charge in [-0.25, -0.2) is 15.0 Å². The molecule has 0 bridgehead atoms. The van der Waals surface area contributed by atoms with E-state index in [0.717, 1.165) is 38.1 Å². The maximum Gasteiger partial charge on any atom is 0.197 e. The third-order valence-corrected chi connectivity index (χ3v) is 6.04. The monoisotopic (exact) mass is 402 g/mol. The predicted octanol–water partition coefficient (Wildman–Crippen LogP) is 5.70. The second-order valence-electron chi connectivity index (χ2n) is 5.99. The number of hydrogen-bond donors (Lipinski definition) is 0. The molecule has 0 amide bonds. The first kappa shape index (κ1) is 17.1. The molecule has 0 N–H and O–H groups in total. The van der Waals surface area contributed by atoms with Crippen molar-refractivity contribution in [2.24, 2.45) is 0 Å². The molecule has 4 heterocycles. The molecular weight excluding hydrogens is 388 g/mol. The van der Waals surface area contributed by atoms with Crippen molar-refractivity contribution >= 4 is 34.0 Å². The fourth-order valence-electron chi connectivity index (χ4n) is 2.80. The lowest BCUT2D eigenvalue weighted by atomic mass is 10.2. The highest BCUT2D eigenvalue weighted by Crippen LogP contribution is 2.31. The summed E-state index contributed by atoms with van der Waals surface area (Å²) in [6.07, 6.45) is 3.42. The molecule has 0 atom stereocenters. The number of hydrogen-bond acceptors (Lipinski definition) is 7. The normalized spacial score (nSPS) is 11.1. The van der Waals surface area contributed by atoms with Gasteiger partial charge in [-0.3, -0.25) is 4.98 Å². The molecule has 0 spiro atoms. The van der Waals surface area contributed by atoms with E-state index in [1.165, 1.54) is 0 Å². The zero-order valence-electron chi connectivity index (χ0n) is 14.6. The van der Waals surface area contributed by atoms with Crippen LogP contribution in [0.5, 0.6) is 0 Å². The van der Waals surface area contributed by atoms with Crippen LogP contribution in [0.1, 0.15) is 5.69 Å². The number of aromatic nitrogens is 4. The van der Waals surface area contributed by atoms with Crippen molar-refractivity contribution in [3.8, 4) is 22.3 Å². The van der Waals surface area contributed by atoms with Crippen LogP contribution in [-0.4, -0.2) is 19.9 Å². The first-order valence-electron chi connectivity index (χ1n) is 8.66. The first-order chi connectivity index (χ1) is 13.9. The third kappa shape index (κ3) is 3.42. The van der Waals surface area contributed by atoms with Crippen molar-refractivity contribution in [1.29, 1.82) is 0 Å². The molecule has 28 heavy (non-hydrogen) atoms. The number of thioether (sulfide) groups is 1. The van der Waals surface area contributed by atoms with Gasteiger partial charge in [0.1, 0.15) is 10.0 Å². The van der Waals surface area contributed by atoms with E-state index >= 15 is 0 Å². The summed E-state index contributed by atoms with van der Waals surface area (Å²) in [7, 11) is 0.